The van der Waals surface area contributed by atoms with E-state index in [9.17, 15) is 5.11 Å². The number of nitrogens with zero attached hydrogens (tertiary/aromatic N) is 3. The van der Waals surface area contributed by atoms with Crippen LogP contribution in [-0.2, 0) is 13.6 Å². The van der Waals surface area contributed by atoms with E-state index in [-0.39, 0.29) is 0 Å². The molecule has 0 spiro atoms. The normalized spacial score (nSPS) is 15.6. The van der Waals surface area contributed by atoms with Crippen molar-refractivity contribution in [2.45, 2.75) is 32.4 Å². The fraction of sp³-hybridized carbons (Fsp3) is 0.727. The molecule has 0 radical (unpaired) electrons. The number of aromatic nitrogens is 2. The summed E-state index contributed by atoms with van der Waals surface area (Å²) in [6, 6.07) is 0. The maximum Gasteiger partial charge on any atom is 0.0743 e. The average molecular weight is 211 g/mol. The van der Waals surface area contributed by atoms with Gasteiger partial charge in [0.25, 0.3) is 0 Å². The Morgan fingerprint density at radius 1 is 1.60 bits per heavy atom. The number of hydrogen-bond donors (Lipinski definition) is 1. The van der Waals surface area contributed by atoms with Gasteiger partial charge < -0.3 is 5.11 Å². The molecule has 1 aromatic heterocycles. The standard InChI is InChI=1S/C11H21N3O/c1-5-11(2,15)9-13(3)7-10-6-12-14(4)8-10/h6,8,15H,5,7,9H2,1-4H3. The molecule has 0 aromatic carbocycles. The van der Waals surface area contributed by atoms with Gasteiger partial charge >= 0.3 is 0 Å². The van der Waals surface area contributed by atoms with Crippen LogP contribution in [0.5, 0.6) is 0 Å². The number of aliphatic hydroxyl groups is 1. The highest BCUT2D eigenvalue weighted by Gasteiger charge is 2.19. The summed E-state index contributed by atoms with van der Waals surface area (Å²) in [6.45, 7) is 5.37. The Morgan fingerprint density at radius 2 is 2.27 bits per heavy atom. The zero-order valence-electron chi connectivity index (χ0n) is 10.1. The Labute approximate surface area is 91.5 Å². The lowest BCUT2D eigenvalue weighted by atomic mass is 10.0. The van der Waals surface area contributed by atoms with Crippen LogP contribution in [0, 0.1) is 0 Å². The van der Waals surface area contributed by atoms with E-state index in [0.29, 0.717) is 6.54 Å². The van der Waals surface area contributed by atoms with Crippen LogP contribution in [0.2, 0.25) is 0 Å². The Balaban J connectivity index is 2.46. The van der Waals surface area contributed by atoms with Gasteiger partial charge in [-0.15, -0.1) is 0 Å². The van der Waals surface area contributed by atoms with Crippen molar-refractivity contribution in [3.63, 3.8) is 0 Å². The fourth-order valence-corrected chi connectivity index (χ4v) is 1.61. The molecule has 0 aliphatic carbocycles. The van der Waals surface area contributed by atoms with E-state index < -0.39 is 5.60 Å². The highest BCUT2D eigenvalue weighted by atomic mass is 16.3. The molecule has 1 unspecified atom stereocenters. The molecule has 86 valence electrons. The van der Waals surface area contributed by atoms with Crippen molar-refractivity contribution in [3.8, 4) is 0 Å². The van der Waals surface area contributed by atoms with E-state index in [4.69, 9.17) is 0 Å². The molecule has 0 bridgehead atoms. The van der Waals surface area contributed by atoms with Gasteiger partial charge in [-0.25, -0.2) is 0 Å². The Bertz CT molecular complexity index is 307. The third kappa shape index (κ3) is 4.01. The molecule has 1 rings (SSSR count). The minimum Gasteiger partial charge on any atom is -0.389 e. The SMILES string of the molecule is CCC(C)(O)CN(C)Cc1cnn(C)c1. The summed E-state index contributed by atoms with van der Waals surface area (Å²) in [4.78, 5) is 2.11. The molecule has 1 heterocycles. The second-order valence-electron chi connectivity index (χ2n) is 4.55. The lowest BCUT2D eigenvalue weighted by Crippen LogP contribution is -2.37. The van der Waals surface area contributed by atoms with Gasteiger partial charge in [0.05, 0.1) is 11.8 Å². The summed E-state index contributed by atoms with van der Waals surface area (Å²) in [5, 5.41) is 14.0. The minimum atomic E-state index is -0.600. The fourth-order valence-electron chi connectivity index (χ4n) is 1.61. The van der Waals surface area contributed by atoms with Crippen molar-refractivity contribution < 1.29 is 5.11 Å². The zero-order chi connectivity index (χ0) is 11.5. The van der Waals surface area contributed by atoms with Gasteiger partial charge in [0.2, 0.25) is 0 Å². The number of rotatable bonds is 5. The molecule has 15 heavy (non-hydrogen) atoms. The highest BCUT2D eigenvalue weighted by Crippen LogP contribution is 2.11. The molecule has 0 fully saturated rings. The Hall–Kier alpha value is -0.870. The van der Waals surface area contributed by atoms with Crippen molar-refractivity contribution in [2.24, 2.45) is 7.05 Å². The zero-order valence-corrected chi connectivity index (χ0v) is 10.1. The molecular formula is C11H21N3O. The van der Waals surface area contributed by atoms with Crippen LogP contribution in [0.15, 0.2) is 12.4 Å². The predicted octanol–water partition coefficient (Wildman–Crippen LogP) is 1.01. The van der Waals surface area contributed by atoms with Gasteiger partial charge in [0, 0.05) is 31.9 Å². The van der Waals surface area contributed by atoms with Gasteiger partial charge in [-0.3, -0.25) is 9.58 Å². The van der Waals surface area contributed by atoms with Crippen molar-refractivity contribution in [3.05, 3.63) is 18.0 Å². The van der Waals surface area contributed by atoms with Crippen LogP contribution in [0.4, 0.5) is 0 Å². The van der Waals surface area contributed by atoms with Crippen LogP contribution in [0.25, 0.3) is 0 Å². The van der Waals surface area contributed by atoms with Gasteiger partial charge in [0.15, 0.2) is 0 Å². The van der Waals surface area contributed by atoms with Gasteiger partial charge in [-0.05, 0) is 20.4 Å². The minimum absolute atomic E-state index is 0.600. The number of aryl methyl sites for hydroxylation is 1. The third-order valence-electron chi connectivity index (χ3n) is 2.58. The molecule has 4 heteroatoms. The summed E-state index contributed by atoms with van der Waals surface area (Å²) < 4.78 is 1.79. The first-order valence-electron chi connectivity index (χ1n) is 5.31. The first-order valence-corrected chi connectivity index (χ1v) is 5.31. The first-order chi connectivity index (χ1) is 6.93. The molecule has 1 atom stereocenters. The molecule has 4 nitrogen and oxygen atoms in total. The molecule has 0 saturated heterocycles. The molecule has 1 N–H and O–H groups in total. The summed E-state index contributed by atoms with van der Waals surface area (Å²) in [5.74, 6) is 0. The van der Waals surface area contributed by atoms with E-state index in [1.54, 1.807) is 4.68 Å². The predicted molar refractivity (Wildman–Crippen MR) is 60.5 cm³/mol. The molecule has 0 aliphatic rings. The second kappa shape index (κ2) is 4.77. The van der Waals surface area contributed by atoms with Crippen molar-refractivity contribution >= 4 is 0 Å². The van der Waals surface area contributed by atoms with Gasteiger partial charge in [-0.1, -0.05) is 6.92 Å². The largest absolute Gasteiger partial charge is 0.389 e. The van der Waals surface area contributed by atoms with Crippen molar-refractivity contribution in [1.82, 2.24) is 14.7 Å². The molecular weight excluding hydrogens is 190 g/mol. The van der Waals surface area contributed by atoms with Crippen LogP contribution < -0.4 is 0 Å². The highest BCUT2D eigenvalue weighted by molar-refractivity contribution is 5.03. The Morgan fingerprint density at radius 3 is 2.73 bits per heavy atom. The van der Waals surface area contributed by atoms with E-state index in [1.165, 1.54) is 5.56 Å². The van der Waals surface area contributed by atoms with Gasteiger partial charge in [0.1, 0.15) is 0 Å². The summed E-state index contributed by atoms with van der Waals surface area (Å²) >= 11 is 0. The van der Waals surface area contributed by atoms with E-state index in [0.717, 1.165) is 13.0 Å². The van der Waals surface area contributed by atoms with Crippen LogP contribution in [-0.4, -0.2) is 39.0 Å². The molecule has 0 amide bonds. The van der Waals surface area contributed by atoms with E-state index in [1.807, 2.05) is 40.3 Å². The van der Waals surface area contributed by atoms with Crippen molar-refractivity contribution in [2.75, 3.05) is 13.6 Å². The summed E-state index contributed by atoms with van der Waals surface area (Å²) in [5.41, 5.74) is 0.573. The molecule has 1 aromatic rings. The maximum atomic E-state index is 9.91. The summed E-state index contributed by atoms with van der Waals surface area (Å²) in [7, 11) is 3.92. The van der Waals surface area contributed by atoms with Crippen LogP contribution in [0.1, 0.15) is 25.8 Å². The smallest absolute Gasteiger partial charge is 0.0743 e. The molecule has 0 aliphatic heterocycles. The first kappa shape index (κ1) is 12.2. The number of hydrogen-bond acceptors (Lipinski definition) is 3. The Kier molecular flexibility index (Phi) is 3.88. The maximum absolute atomic E-state index is 9.91. The van der Waals surface area contributed by atoms with Crippen molar-refractivity contribution in [1.29, 1.82) is 0 Å². The van der Waals surface area contributed by atoms with Crippen LogP contribution >= 0.6 is 0 Å². The number of likely N-dealkylation sites (N-methyl/N-ethyl adjacent to an activating group) is 1. The monoisotopic (exact) mass is 211 g/mol. The van der Waals surface area contributed by atoms with E-state index in [2.05, 4.69) is 10.00 Å². The quantitative estimate of drug-likeness (QED) is 0.790. The van der Waals surface area contributed by atoms with Gasteiger partial charge in [-0.2, -0.15) is 5.10 Å². The summed E-state index contributed by atoms with van der Waals surface area (Å²) in [6.07, 6.45) is 4.62. The third-order valence-corrected chi connectivity index (χ3v) is 2.58. The van der Waals surface area contributed by atoms with Crippen LogP contribution in [0.3, 0.4) is 0 Å². The van der Waals surface area contributed by atoms with E-state index >= 15 is 0 Å². The molecule has 0 saturated carbocycles. The average Bonchev–Trinajstić information content (AvgIpc) is 2.50. The second-order valence-corrected chi connectivity index (χ2v) is 4.55. The lowest BCUT2D eigenvalue weighted by molar-refractivity contribution is 0.0218. The lowest BCUT2D eigenvalue weighted by Gasteiger charge is -2.27. The topological polar surface area (TPSA) is 41.3 Å².